The molecule has 1 aromatic heterocycles. The largest absolute Gasteiger partial charge is 0.226 e. The van der Waals surface area contributed by atoms with Gasteiger partial charge in [-0.3, -0.25) is 0 Å². The fourth-order valence-electron chi connectivity index (χ4n) is 2.16. The first-order valence-electron chi connectivity index (χ1n) is 6.29. The number of aryl methyl sites for hydroxylation is 2. The van der Waals surface area contributed by atoms with Crippen LogP contribution in [0.5, 0.6) is 0 Å². The van der Waals surface area contributed by atoms with E-state index in [2.05, 4.69) is 41.9 Å². The Morgan fingerprint density at radius 3 is 2.55 bits per heavy atom. The van der Waals surface area contributed by atoms with Gasteiger partial charge in [0.1, 0.15) is 0 Å². The minimum atomic E-state index is 0. The summed E-state index contributed by atoms with van der Waals surface area (Å²) in [6, 6.07) is 21.0. The Labute approximate surface area is 144 Å². The molecule has 2 nitrogen and oxygen atoms in total. The van der Waals surface area contributed by atoms with Crippen LogP contribution in [0.25, 0.3) is 16.8 Å². The van der Waals surface area contributed by atoms with Crippen molar-refractivity contribution in [3.05, 3.63) is 72.6 Å². The van der Waals surface area contributed by atoms with Crippen LogP contribution in [0.15, 0.2) is 54.9 Å². The maximum atomic E-state index is 3.48. The molecule has 97 valence electrons. The van der Waals surface area contributed by atoms with Crippen molar-refractivity contribution in [3.63, 3.8) is 0 Å². The summed E-state index contributed by atoms with van der Waals surface area (Å²) >= 11 is 0. The quantitative estimate of drug-likeness (QED) is 0.503. The van der Waals surface area contributed by atoms with E-state index in [0.717, 1.165) is 16.8 Å². The summed E-state index contributed by atoms with van der Waals surface area (Å²) < 4.78 is 4.12. The molecular weight excluding hydrogens is 321 g/mol. The summed E-state index contributed by atoms with van der Waals surface area (Å²) in [7, 11) is 2.02. The van der Waals surface area contributed by atoms with Gasteiger partial charge in [-0.25, -0.2) is 11.1 Å². The Hall–Kier alpha value is -1.25. The van der Waals surface area contributed by atoms with E-state index < -0.39 is 0 Å². The zero-order valence-electron chi connectivity index (χ0n) is 11.7. The molecule has 2 aromatic carbocycles. The Bertz CT molecular complexity index is 702. The fraction of sp³-hybridized carbons (Fsp3) is 0.118. The van der Waals surface area contributed by atoms with Crippen LogP contribution < -0.4 is 4.68 Å². The number of hydrogen-bond donors (Lipinski definition) is 0. The van der Waals surface area contributed by atoms with Crippen LogP contribution in [0, 0.1) is 19.1 Å². The van der Waals surface area contributed by atoms with Crippen molar-refractivity contribution in [2.45, 2.75) is 6.92 Å². The second kappa shape index (κ2) is 6.47. The molecule has 0 saturated heterocycles. The van der Waals surface area contributed by atoms with Gasteiger partial charge in [0.05, 0.1) is 6.20 Å². The number of nitrogens with zero attached hydrogens (tertiary/aromatic N) is 2. The van der Waals surface area contributed by atoms with E-state index in [4.69, 9.17) is 0 Å². The van der Waals surface area contributed by atoms with Crippen LogP contribution in [0.4, 0.5) is 0 Å². The average Bonchev–Trinajstić information content (AvgIpc) is 2.86. The number of aromatic nitrogens is 2. The summed E-state index contributed by atoms with van der Waals surface area (Å²) in [5.41, 5.74) is 4.40. The molecule has 0 atom stereocenters. The molecule has 0 fully saturated rings. The summed E-state index contributed by atoms with van der Waals surface area (Å²) in [6.45, 7) is 2.10. The first kappa shape index (κ1) is 15.1. The molecule has 0 bridgehead atoms. The van der Waals surface area contributed by atoms with Crippen LogP contribution in [-0.2, 0) is 39.8 Å². The normalized spacial score (nSPS) is 10.1. The molecule has 0 aliphatic carbocycles. The number of rotatable bonds is 2. The number of hydrogen-bond acceptors (Lipinski definition) is 0. The van der Waals surface area contributed by atoms with Crippen molar-refractivity contribution in [1.82, 2.24) is 4.68 Å². The van der Waals surface area contributed by atoms with Crippen molar-refractivity contribution in [3.8, 4) is 16.8 Å². The van der Waals surface area contributed by atoms with Crippen LogP contribution >= 0.6 is 0 Å². The molecule has 0 N–H and O–H groups in total. The molecule has 0 spiro atoms. The SMILES string of the molecule is Cc1ccc(-c2[c-]cccc2)[c-]c1-n1ccc[n+]1C.[Y]. The fourth-order valence-corrected chi connectivity index (χ4v) is 2.16. The minimum Gasteiger partial charge on any atom is -0.226 e. The van der Waals surface area contributed by atoms with Crippen LogP contribution in [0.3, 0.4) is 0 Å². The van der Waals surface area contributed by atoms with Gasteiger partial charge in [-0.05, 0) is 0 Å². The van der Waals surface area contributed by atoms with Gasteiger partial charge in [0.25, 0.3) is 0 Å². The van der Waals surface area contributed by atoms with E-state index in [1.54, 1.807) is 0 Å². The summed E-state index contributed by atoms with van der Waals surface area (Å²) in [5.74, 6) is 0. The van der Waals surface area contributed by atoms with Crippen molar-refractivity contribution >= 4 is 0 Å². The molecule has 0 amide bonds. The molecule has 3 rings (SSSR count). The maximum Gasteiger partial charge on any atom is 0.195 e. The third kappa shape index (κ3) is 2.92. The van der Waals surface area contributed by atoms with Gasteiger partial charge in [-0.15, -0.1) is 27.1 Å². The molecule has 0 saturated carbocycles. The molecule has 0 aliphatic heterocycles. The molecule has 20 heavy (non-hydrogen) atoms. The van der Waals surface area contributed by atoms with Crippen molar-refractivity contribution in [2.75, 3.05) is 0 Å². The standard InChI is InChI=1S/C17H15N2.Y/c1-14-9-10-16(15-7-4-3-5-8-15)13-17(14)19-12-6-11-18(19)2;/h3-7,9-12H,1-2H3;/q-1;. The molecule has 3 heteroatoms. The average molecular weight is 336 g/mol. The minimum absolute atomic E-state index is 0. The number of benzene rings is 2. The van der Waals surface area contributed by atoms with E-state index in [1.165, 1.54) is 5.56 Å². The van der Waals surface area contributed by atoms with Gasteiger partial charge in [0.15, 0.2) is 13.2 Å². The van der Waals surface area contributed by atoms with Crippen molar-refractivity contribution in [2.24, 2.45) is 7.05 Å². The van der Waals surface area contributed by atoms with Gasteiger partial charge in [0.2, 0.25) is 0 Å². The summed E-state index contributed by atoms with van der Waals surface area (Å²) in [6.07, 6.45) is 4.06. The monoisotopic (exact) mass is 336 g/mol. The summed E-state index contributed by atoms with van der Waals surface area (Å²) in [4.78, 5) is 0. The smallest absolute Gasteiger partial charge is 0.195 e. The van der Waals surface area contributed by atoms with E-state index in [-0.39, 0.29) is 32.7 Å². The Kier molecular flexibility index (Phi) is 4.90. The molecule has 0 aliphatic rings. The second-order valence-electron chi connectivity index (χ2n) is 4.59. The van der Waals surface area contributed by atoms with Gasteiger partial charge in [0, 0.05) is 44.5 Å². The first-order valence-corrected chi connectivity index (χ1v) is 6.29. The van der Waals surface area contributed by atoms with E-state index in [0.29, 0.717) is 0 Å². The molecule has 1 heterocycles. The third-order valence-corrected chi connectivity index (χ3v) is 3.22. The zero-order chi connectivity index (χ0) is 13.2. The molecule has 3 aromatic rings. The van der Waals surface area contributed by atoms with Crippen molar-refractivity contribution < 1.29 is 37.4 Å². The van der Waals surface area contributed by atoms with E-state index in [9.17, 15) is 0 Å². The Balaban J connectivity index is 0.00000147. The van der Waals surface area contributed by atoms with Gasteiger partial charge in [-0.1, -0.05) is 6.92 Å². The molecule has 1 radical (unpaired) electrons. The predicted octanol–water partition coefficient (Wildman–Crippen LogP) is 2.88. The Morgan fingerprint density at radius 2 is 1.90 bits per heavy atom. The van der Waals surface area contributed by atoms with Gasteiger partial charge < -0.3 is 0 Å². The topological polar surface area (TPSA) is 8.81 Å². The van der Waals surface area contributed by atoms with Crippen LogP contribution in [0.1, 0.15) is 5.56 Å². The van der Waals surface area contributed by atoms with Gasteiger partial charge >= 0.3 is 0 Å². The summed E-state index contributed by atoms with van der Waals surface area (Å²) in [5, 5.41) is 0. The molecular formula is C17H15N2Y-. The van der Waals surface area contributed by atoms with E-state index in [1.807, 2.05) is 48.4 Å². The second-order valence-corrected chi connectivity index (χ2v) is 4.59. The molecule has 0 unspecified atom stereocenters. The Morgan fingerprint density at radius 1 is 1.05 bits per heavy atom. The zero-order valence-corrected chi connectivity index (χ0v) is 14.5. The van der Waals surface area contributed by atoms with E-state index >= 15 is 0 Å². The third-order valence-electron chi connectivity index (χ3n) is 3.22. The predicted molar refractivity (Wildman–Crippen MR) is 74.8 cm³/mol. The first-order chi connectivity index (χ1) is 9.25. The van der Waals surface area contributed by atoms with Crippen LogP contribution in [-0.4, -0.2) is 4.68 Å². The van der Waals surface area contributed by atoms with Crippen molar-refractivity contribution in [1.29, 1.82) is 0 Å². The van der Waals surface area contributed by atoms with Gasteiger partial charge in [-0.2, -0.15) is 36.4 Å². The maximum absolute atomic E-state index is 3.48. The van der Waals surface area contributed by atoms with Crippen LogP contribution in [0.2, 0.25) is 0 Å².